The number of carbonyl (C=O) groups is 1. The Bertz CT molecular complexity index is 171. The molecule has 0 bridgehead atoms. The Morgan fingerprint density at radius 2 is 2.10 bits per heavy atom. The lowest BCUT2D eigenvalue weighted by Crippen LogP contribution is -2.19. The molecule has 56 valence electrons. The highest BCUT2D eigenvalue weighted by Crippen LogP contribution is 2.08. The van der Waals surface area contributed by atoms with Crippen LogP contribution in [0.25, 0.3) is 0 Å². The minimum Gasteiger partial charge on any atom is -0.279 e. The molecule has 10 heavy (non-hydrogen) atoms. The zero-order chi connectivity index (χ0) is 8.15. The van der Waals surface area contributed by atoms with Gasteiger partial charge in [0.2, 0.25) is 11.3 Å². The molecule has 3 nitrogen and oxygen atoms in total. The highest BCUT2D eigenvalue weighted by atomic mass is 35.5. The molecule has 0 aromatic rings. The summed E-state index contributed by atoms with van der Waals surface area (Å²) >= 11 is 5.11. The lowest BCUT2D eigenvalue weighted by Gasteiger charge is -2.07. The van der Waals surface area contributed by atoms with Crippen LogP contribution in [0.1, 0.15) is 13.8 Å². The first-order valence-electron chi connectivity index (χ1n) is 2.86. The molecule has 0 spiro atoms. The number of rotatable bonds is 3. The maximum atomic E-state index is 10.5. The van der Waals surface area contributed by atoms with E-state index in [1.165, 1.54) is 6.08 Å². The van der Waals surface area contributed by atoms with Gasteiger partial charge >= 0.3 is 0 Å². The molecule has 0 rings (SSSR count). The highest BCUT2D eigenvalue weighted by molar-refractivity contribution is 6.64. The van der Waals surface area contributed by atoms with Crippen molar-refractivity contribution in [3.63, 3.8) is 0 Å². The van der Waals surface area contributed by atoms with Crippen LogP contribution in [0.2, 0.25) is 0 Å². The van der Waals surface area contributed by atoms with E-state index in [1.54, 1.807) is 13.8 Å². The smallest absolute Gasteiger partial charge is 0.247 e. The first-order valence-corrected chi connectivity index (χ1v) is 3.23. The molecule has 4 heteroatoms. The van der Waals surface area contributed by atoms with Crippen LogP contribution in [-0.4, -0.2) is 17.4 Å². The van der Waals surface area contributed by atoms with Crippen molar-refractivity contribution >= 4 is 22.9 Å². The molecule has 0 aliphatic carbocycles. The van der Waals surface area contributed by atoms with Gasteiger partial charge in [-0.1, -0.05) is 13.8 Å². The second kappa shape index (κ2) is 4.20. The minimum absolute atomic E-state index is 0.0496. The number of hydrogen-bond donors (Lipinski definition) is 0. The van der Waals surface area contributed by atoms with Crippen molar-refractivity contribution in [2.75, 3.05) is 0 Å². The average molecular weight is 162 g/mol. The molecule has 0 unspecified atom stereocenters. The molecule has 0 amide bonds. The second-order valence-corrected chi connectivity index (χ2v) is 2.59. The van der Waals surface area contributed by atoms with E-state index in [9.17, 15) is 9.59 Å². The lowest BCUT2D eigenvalue weighted by molar-refractivity contribution is -0.113. The Balaban J connectivity index is 4.26. The van der Waals surface area contributed by atoms with Gasteiger partial charge in [0.1, 0.15) is 6.04 Å². The van der Waals surface area contributed by atoms with E-state index in [0.717, 1.165) is 0 Å². The maximum absolute atomic E-state index is 10.5. The van der Waals surface area contributed by atoms with E-state index in [4.69, 9.17) is 11.6 Å². The SMILES string of the molecule is CC(C)[C@H](N=C=O)C(=O)Cl. The van der Waals surface area contributed by atoms with Crippen molar-refractivity contribution in [2.45, 2.75) is 19.9 Å². The Morgan fingerprint density at radius 3 is 2.20 bits per heavy atom. The molecule has 0 fully saturated rings. The van der Waals surface area contributed by atoms with Crippen LogP contribution in [0.5, 0.6) is 0 Å². The third kappa shape index (κ3) is 2.76. The van der Waals surface area contributed by atoms with Crippen LogP contribution >= 0.6 is 11.6 Å². The molecule has 0 N–H and O–H groups in total. The summed E-state index contributed by atoms with van der Waals surface area (Å²) in [7, 11) is 0. The summed E-state index contributed by atoms with van der Waals surface area (Å²) in [6.07, 6.45) is 1.30. The van der Waals surface area contributed by atoms with Gasteiger partial charge in [0.05, 0.1) is 0 Å². The topological polar surface area (TPSA) is 46.5 Å². The molecule has 0 aromatic heterocycles. The van der Waals surface area contributed by atoms with Crippen LogP contribution in [0, 0.1) is 5.92 Å². The van der Waals surface area contributed by atoms with Crippen LogP contribution in [0.4, 0.5) is 0 Å². The normalized spacial score (nSPS) is 12.4. The van der Waals surface area contributed by atoms with Gasteiger partial charge in [-0.15, -0.1) is 0 Å². The number of nitrogens with zero attached hydrogens (tertiary/aromatic N) is 1. The van der Waals surface area contributed by atoms with E-state index in [-0.39, 0.29) is 5.92 Å². The zero-order valence-corrected chi connectivity index (χ0v) is 6.55. The number of carbonyl (C=O) groups excluding carboxylic acids is 2. The summed E-state index contributed by atoms with van der Waals surface area (Å²) in [5.74, 6) is -0.0496. The molecule has 0 heterocycles. The monoisotopic (exact) mass is 161 g/mol. The molecule has 0 radical (unpaired) electrons. The predicted octanol–water partition coefficient (Wildman–Crippen LogP) is 1.11. The van der Waals surface area contributed by atoms with Crippen molar-refractivity contribution in [3.05, 3.63) is 0 Å². The first-order chi connectivity index (χ1) is 4.59. The summed E-state index contributed by atoms with van der Waals surface area (Å²) in [5, 5.41) is -0.613. The number of halogens is 1. The Labute approximate surface area is 64.1 Å². The molecule has 1 atom stereocenters. The summed E-state index contributed by atoms with van der Waals surface area (Å²) in [5.41, 5.74) is 0. The van der Waals surface area contributed by atoms with Gasteiger partial charge < -0.3 is 0 Å². The van der Waals surface area contributed by atoms with Gasteiger partial charge in [0.25, 0.3) is 0 Å². The number of aliphatic imine (C=N–C) groups is 1. The van der Waals surface area contributed by atoms with Gasteiger partial charge in [0, 0.05) is 0 Å². The van der Waals surface area contributed by atoms with Crippen LogP contribution in [0.15, 0.2) is 4.99 Å². The summed E-state index contributed by atoms with van der Waals surface area (Å²) in [6, 6.07) is -0.737. The van der Waals surface area contributed by atoms with Gasteiger partial charge in [-0.3, -0.25) is 4.79 Å². The largest absolute Gasteiger partial charge is 0.279 e. The van der Waals surface area contributed by atoms with Gasteiger partial charge in [-0.2, -0.15) is 4.99 Å². The predicted molar refractivity (Wildman–Crippen MR) is 37.6 cm³/mol. The fraction of sp³-hybridized carbons (Fsp3) is 0.667. The molecule has 0 saturated heterocycles. The quantitative estimate of drug-likeness (QED) is 0.354. The fourth-order valence-corrected chi connectivity index (χ4v) is 0.819. The fourth-order valence-electron chi connectivity index (χ4n) is 0.519. The van der Waals surface area contributed by atoms with Crippen LogP contribution in [-0.2, 0) is 9.59 Å². The van der Waals surface area contributed by atoms with Crippen molar-refractivity contribution in [3.8, 4) is 0 Å². The van der Waals surface area contributed by atoms with Gasteiger partial charge in [-0.05, 0) is 17.5 Å². The minimum atomic E-state index is -0.737. The first kappa shape index (κ1) is 9.34. The molecule has 0 aliphatic heterocycles. The summed E-state index contributed by atoms with van der Waals surface area (Å²) in [6.45, 7) is 3.51. The van der Waals surface area contributed by atoms with E-state index in [0.29, 0.717) is 0 Å². The lowest BCUT2D eigenvalue weighted by atomic mass is 10.1. The Hall–Kier alpha value is -0.660. The highest BCUT2D eigenvalue weighted by Gasteiger charge is 2.18. The number of hydrogen-bond acceptors (Lipinski definition) is 3. The molecule has 0 aromatic carbocycles. The van der Waals surface area contributed by atoms with E-state index < -0.39 is 11.3 Å². The Morgan fingerprint density at radius 1 is 1.60 bits per heavy atom. The van der Waals surface area contributed by atoms with Crippen LogP contribution < -0.4 is 0 Å². The molecular formula is C6H8ClNO2. The molecule has 0 aliphatic rings. The zero-order valence-electron chi connectivity index (χ0n) is 5.80. The second-order valence-electron chi connectivity index (χ2n) is 2.21. The summed E-state index contributed by atoms with van der Waals surface area (Å²) < 4.78 is 0. The maximum Gasteiger partial charge on any atom is 0.247 e. The van der Waals surface area contributed by atoms with E-state index >= 15 is 0 Å². The Kier molecular flexibility index (Phi) is 3.93. The van der Waals surface area contributed by atoms with Gasteiger partial charge in [-0.25, -0.2) is 4.79 Å². The molecule has 0 saturated carbocycles. The summed E-state index contributed by atoms with van der Waals surface area (Å²) in [4.78, 5) is 23.4. The third-order valence-corrected chi connectivity index (χ3v) is 1.28. The third-order valence-electron chi connectivity index (χ3n) is 1.06. The van der Waals surface area contributed by atoms with Crippen molar-refractivity contribution < 1.29 is 9.59 Å². The van der Waals surface area contributed by atoms with Gasteiger partial charge in [0.15, 0.2) is 0 Å². The van der Waals surface area contributed by atoms with E-state index in [2.05, 4.69) is 4.99 Å². The van der Waals surface area contributed by atoms with Crippen molar-refractivity contribution in [1.82, 2.24) is 0 Å². The molecular weight excluding hydrogens is 154 g/mol. The van der Waals surface area contributed by atoms with Crippen LogP contribution in [0.3, 0.4) is 0 Å². The standard InChI is InChI=1S/C6H8ClNO2/c1-4(2)5(6(7)10)8-3-9/h4-5H,1-2H3/t5-/m0/s1. The van der Waals surface area contributed by atoms with Crippen molar-refractivity contribution in [2.24, 2.45) is 10.9 Å². The van der Waals surface area contributed by atoms with Crippen molar-refractivity contribution in [1.29, 1.82) is 0 Å². The average Bonchev–Trinajstić information content (AvgIpc) is 1.81. The number of isocyanates is 1. The van der Waals surface area contributed by atoms with E-state index in [1.807, 2.05) is 0 Å².